The first-order valence-corrected chi connectivity index (χ1v) is 7.46. The van der Waals surface area contributed by atoms with Crippen molar-refractivity contribution in [2.45, 2.75) is 58.2 Å². The fourth-order valence-electron chi connectivity index (χ4n) is 2.15. The van der Waals surface area contributed by atoms with Crippen LogP contribution in [0.2, 0.25) is 0 Å². The van der Waals surface area contributed by atoms with Crippen LogP contribution in [-0.2, 0) is 17.7 Å². The van der Waals surface area contributed by atoms with E-state index in [9.17, 15) is 0 Å². The number of hydrogen-bond donors (Lipinski definition) is 1. The summed E-state index contributed by atoms with van der Waals surface area (Å²) in [5.74, 6) is 0. The van der Waals surface area contributed by atoms with Crippen molar-refractivity contribution in [1.29, 1.82) is 0 Å². The molecule has 0 aliphatic carbocycles. The zero-order valence-corrected chi connectivity index (χ0v) is 11.6. The molecular weight excluding hydrogens is 232 g/mol. The number of nitrogens with one attached hydrogen (secondary N) is 1. The van der Waals surface area contributed by atoms with E-state index in [1.807, 2.05) is 0 Å². The summed E-state index contributed by atoms with van der Waals surface area (Å²) in [6.07, 6.45) is 5.06. The van der Waals surface area contributed by atoms with Gasteiger partial charge in [0.1, 0.15) is 0 Å². The Morgan fingerprint density at radius 3 is 3.24 bits per heavy atom. The van der Waals surface area contributed by atoms with Gasteiger partial charge in [0.15, 0.2) is 0 Å². The number of nitrogens with zero attached hydrogens (tertiary/aromatic N) is 1. The van der Waals surface area contributed by atoms with Crippen molar-refractivity contribution < 1.29 is 4.74 Å². The summed E-state index contributed by atoms with van der Waals surface area (Å²) in [5, 5.41) is 6.94. The van der Waals surface area contributed by atoms with Gasteiger partial charge in [-0.3, -0.25) is 0 Å². The van der Waals surface area contributed by atoms with E-state index in [2.05, 4.69) is 29.5 Å². The SMILES string of the molecule is CCCc1nc(CNC(C)C2CCCO2)cs1. The first-order valence-electron chi connectivity index (χ1n) is 6.58. The Morgan fingerprint density at radius 1 is 1.65 bits per heavy atom. The molecule has 96 valence electrons. The molecule has 0 aromatic carbocycles. The molecule has 1 aromatic rings. The van der Waals surface area contributed by atoms with Crippen molar-refractivity contribution in [3.05, 3.63) is 16.1 Å². The largest absolute Gasteiger partial charge is 0.377 e. The average molecular weight is 254 g/mol. The third-order valence-electron chi connectivity index (χ3n) is 3.19. The first-order chi connectivity index (χ1) is 8.29. The van der Waals surface area contributed by atoms with Crippen molar-refractivity contribution in [2.75, 3.05) is 6.61 Å². The number of rotatable bonds is 6. The number of aryl methyl sites for hydroxylation is 1. The van der Waals surface area contributed by atoms with Crippen molar-refractivity contribution >= 4 is 11.3 Å². The van der Waals surface area contributed by atoms with E-state index < -0.39 is 0 Å². The number of ether oxygens (including phenoxy) is 1. The third kappa shape index (κ3) is 3.76. The molecule has 17 heavy (non-hydrogen) atoms. The van der Waals surface area contributed by atoms with Gasteiger partial charge in [0.2, 0.25) is 0 Å². The lowest BCUT2D eigenvalue weighted by Crippen LogP contribution is -2.36. The monoisotopic (exact) mass is 254 g/mol. The molecule has 0 amide bonds. The highest BCUT2D eigenvalue weighted by atomic mass is 32.1. The Labute approximate surface area is 108 Å². The van der Waals surface area contributed by atoms with Crippen LogP contribution in [-0.4, -0.2) is 23.7 Å². The molecule has 2 rings (SSSR count). The lowest BCUT2D eigenvalue weighted by molar-refractivity contribution is 0.0831. The highest BCUT2D eigenvalue weighted by molar-refractivity contribution is 7.09. The van der Waals surface area contributed by atoms with Gasteiger partial charge in [0.25, 0.3) is 0 Å². The molecule has 2 atom stereocenters. The molecule has 1 fully saturated rings. The predicted molar refractivity (Wildman–Crippen MR) is 71.4 cm³/mol. The molecule has 1 saturated heterocycles. The van der Waals surface area contributed by atoms with E-state index in [1.165, 1.54) is 30.0 Å². The minimum Gasteiger partial charge on any atom is -0.377 e. The highest BCUT2D eigenvalue weighted by Crippen LogP contribution is 2.16. The van der Waals surface area contributed by atoms with Crippen LogP contribution in [0, 0.1) is 0 Å². The van der Waals surface area contributed by atoms with Gasteiger partial charge in [-0.05, 0) is 32.6 Å². The molecule has 1 N–H and O–H groups in total. The Morgan fingerprint density at radius 2 is 2.53 bits per heavy atom. The maximum Gasteiger partial charge on any atom is 0.0928 e. The summed E-state index contributed by atoms with van der Waals surface area (Å²) >= 11 is 1.78. The molecular formula is C13H22N2OS. The van der Waals surface area contributed by atoms with Gasteiger partial charge in [0.05, 0.1) is 16.8 Å². The van der Waals surface area contributed by atoms with Gasteiger partial charge >= 0.3 is 0 Å². The fourth-order valence-corrected chi connectivity index (χ4v) is 3.05. The van der Waals surface area contributed by atoms with E-state index in [4.69, 9.17) is 4.74 Å². The van der Waals surface area contributed by atoms with Gasteiger partial charge in [0, 0.05) is 24.6 Å². The number of aromatic nitrogens is 1. The van der Waals surface area contributed by atoms with Crippen molar-refractivity contribution in [1.82, 2.24) is 10.3 Å². The Balaban J connectivity index is 1.76. The van der Waals surface area contributed by atoms with Gasteiger partial charge in [-0.15, -0.1) is 11.3 Å². The van der Waals surface area contributed by atoms with Crippen LogP contribution < -0.4 is 5.32 Å². The van der Waals surface area contributed by atoms with E-state index in [1.54, 1.807) is 11.3 Å². The molecule has 0 radical (unpaired) electrons. The number of thiazole rings is 1. The van der Waals surface area contributed by atoms with Gasteiger partial charge in [-0.25, -0.2) is 4.98 Å². The Kier molecular flexibility index (Phi) is 4.95. The Bertz CT molecular complexity index is 334. The van der Waals surface area contributed by atoms with Crippen molar-refractivity contribution in [3.63, 3.8) is 0 Å². The smallest absolute Gasteiger partial charge is 0.0928 e. The topological polar surface area (TPSA) is 34.2 Å². The van der Waals surface area contributed by atoms with Gasteiger partial charge in [-0.2, -0.15) is 0 Å². The molecule has 2 heterocycles. The van der Waals surface area contributed by atoms with Crippen LogP contribution in [0.3, 0.4) is 0 Å². The maximum atomic E-state index is 5.67. The van der Waals surface area contributed by atoms with Crippen LogP contribution in [0.1, 0.15) is 43.8 Å². The molecule has 3 nitrogen and oxygen atoms in total. The van der Waals surface area contributed by atoms with Crippen molar-refractivity contribution in [2.24, 2.45) is 0 Å². The summed E-state index contributed by atoms with van der Waals surface area (Å²) in [6, 6.07) is 0.425. The fraction of sp³-hybridized carbons (Fsp3) is 0.769. The van der Waals surface area contributed by atoms with Crippen LogP contribution >= 0.6 is 11.3 Å². The van der Waals surface area contributed by atoms with Gasteiger partial charge in [-0.1, -0.05) is 6.92 Å². The summed E-state index contributed by atoms with van der Waals surface area (Å²) in [6.45, 7) is 6.18. The van der Waals surface area contributed by atoms with E-state index in [-0.39, 0.29) is 0 Å². The summed E-state index contributed by atoms with van der Waals surface area (Å²) in [4.78, 5) is 4.61. The second-order valence-corrected chi connectivity index (χ2v) is 5.65. The molecule has 0 bridgehead atoms. The maximum absolute atomic E-state index is 5.67. The van der Waals surface area contributed by atoms with E-state index in [0.717, 1.165) is 19.6 Å². The summed E-state index contributed by atoms with van der Waals surface area (Å²) in [5.41, 5.74) is 1.17. The van der Waals surface area contributed by atoms with Crippen LogP contribution in [0.15, 0.2) is 5.38 Å². The van der Waals surface area contributed by atoms with Crippen molar-refractivity contribution in [3.8, 4) is 0 Å². The minimum atomic E-state index is 0.392. The van der Waals surface area contributed by atoms with Crippen LogP contribution in [0.25, 0.3) is 0 Å². The molecule has 2 unspecified atom stereocenters. The quantitative estimate of drug-likeness (QED) is 0.847. The van der Waals surface area contributed by atoms with Crippen LogP contribution in [0.5, 0.6) is 0 Å². The molecule has 0 spiro atoms. The zero-order valence-electron chi connectivity index (χ0n) is 10.7. The lowest BCUT2D eigenvalue weighted by Gasteiger charge is -2.19. The molecule has 1 aliphatic rings. The lowest BCUT2D eigenvalue weighted by atomic mass is 10.1. The van der Waals surface area contributed by atoms with E-state index in [0.29, 0.717) is 12.1 Å². The zero-order chi connectivity index (χ0) is 12.1. The van der Waals surface area contributed by atoms with Gasteiger partial charge < -0.3 is 10.1 Å². The molecule has 0 saturated carbocycles. The third-order valence-corrected chi connectivity index (χ3v) is 4.15. The van der Waals surface area contributed by atoms with Crippen LogP contribution in [0.4, 0.5) is 0 Å². The number of hydrogen-bond acceptors (Lipinski definition) is 4. The second-order valence-electron chi connectivity index (χ2n) is 4.70. The summed E-state index contributed by atoms with van der Waals surface area (Å²) < 4.78 is 5.67. The summed E-state index contributed by atoms with van der Waals surface area (Å²) in [7, 11) is 0. The predicted octanol–water partition coefficient (Wildman–Crippen LogP) is 2.75. The average Bonchev–Trinajstić information content (AvgIpc) is 2.97. The first kappa shape index (κ1) is 13.0. The molecule has 1 aromatic heterocycles. The minimum absolute atomic E-state index is 0.392. The molecule has 1 aliphatic heterocycles. The van der Waals surface area contributed by atoms with E-state index >= 15 is 0 Å². The normalized spacial score (nSPS) is 21.9. The second kappa shape index (κ2) is 6.47. The highest BCUT2D eigenvalue weighted by Gasteiger charge is 2.21. The standard InChI is InChI=1S/C13H22N2OS/c1-3-5-13-15-11(9-17-13)8-14-10(2)12-6-4-7-16-12/h9-10,12,14H,3-8H2,1-2H3. The molecule has 4 heteroatoms. The Hall–Kier alpha value is -0.450.